The fourth-order valence-electron chi connectivity index (χ4n) is 2.61. The van der Waals surface area contributed by atoms with Gasteiger partial charge < -0.3 is 20.5 Å². The maximum Gasteiger partial charge on any atom is 0.410 e. The Kier molecular flexibility index (Phi) is 5.36. The lowest BCUT2D eigenvalue weighted by atomic mass is 10.1. The van der Waals surface area contributed by atoms with Crippen LogP contribution in [0.3, 0.4) is 0 Å². The van der Waals surface area contributed by atoms with Crippen molar-refractivity contribution in [1.82, 2.24) is 9.80 Å². The van der Waals surface area contributed by atoms with Crippen LogP contribution in [0.15, 0.2) is 18.2 Å². The van der Waals surface area contributed by atoms with Gasteiger partial charge in [0, 0.05) is 44.0 Å². The Morgan fingerprint density at radius 2 is 2.00 bits per heavy atom. The summed E-state index contributed by atoms with van der Waals surface area (Å²) in [5.74, 6) is 0.257. The number of benzene rings is 1. The molecular weight excluding hydrogens is 294 g/mol. The zero-order valence-electron chi connectivity index (χ0n) is 14.2. The molecule has 0 bridgehead atoms. The highest BCUT2D eigenvalue weighted by molar-refractivity contribution is 5.68. The fraction of sp³-hybridized carbons (Fsp3) is 0.588. The van der Waals surface area contributed by atoms with E-state index in [1.165, 1.54) is 0 Å². The molecular formula is C17H27N3O3. The molecule has 2 rings (SSSR count). The van der Waals surface area contributed by atoms with Gasteiger partial charge in [0.2, 0.25) is 0 Å². The summed E-state index contributed by atoms with van der Waals surface area (Å²) >= 11 is 0. The maximum atomic E-state index is 12.2. The number of anilines is 1. The van der Waals surface area contributed by atoms with Crippen LogP contribution in [0.4, 0.5) is 10.5 Å². The minimum Gasteiger partial charge on any atom is -0.508 e. The van der Waals surface area contributed by atoms with Crippen LogP contribution in [0, 0.1) is 0 Å². The molecule has 1 aliphatic heterocycles. The van der Waals surface area contributed by atoms with E-state index < -0.39 is 5.60 Å². The van der Waals surface area contributed by atoms with Gasteiger partial charge in [-0.2, -0.15) is 0 Å². The first-order valence-electron chi connectivity index (χ1n) is 8.02. The van der Waals surface area contributed by atoms with E-state index in [4.69, 9.17) is 10.5 Å². The number of aromatic hydroxyl groups is 1. The maximum absolute atomic E-state index is 12.2. The molecule has 23 heavy (non-hydrogen) atoms. The summed E-state index contributed by atoms with van der Waals surface area (Å²) in [5.41, 5.74) is 6.77. The van der Waals surface area contributed by atoms with Crippen LogP contribution in [0.25, 0.3) is 0 Å². The largest absolute Gasteiger partial charge is 0.508 e. The third-order valence-electron chi connectivity index (χ3n) is 3.74. The summed E-state index contributed by atoms with van der Waals surface area (Å²) in [7, 11) is 0. The van der Waals surface area contributed by atoms with Crippen molar-refractivity contribution < 1.29 is 14.6 Å². The molecule has 0 aromatic heterocycles. The molecule has 1 saturated heterocycles. The number of hydrogen-bond acceptors (Lipinski definition) is 5. The zero-order chi connectivity index (χ0) is 17.0. The SMILES string of the molecule is CC(C)(C)OC(=O)N1CCCN(Cc2cc(N)ccc2O)CC1. The Labute approximate surface area is 137 Å². The van der Waals surface area contributed by atoms with Gasteiger partial charge in [0.15, 0.2) is 0 Å². The van der Waals surface area contributed by atoms with E-state index in [1.54, 1.807) is 23.1 Å². The van der Waals surface area contributed by atoms with E-state index in [2.05, 4.69) is 4.90 Å². The minimum absolute atomic E-state index is 0.257. The van der Waals surface area contributed by atoms with Crippen molar-refractivity contribution in [3.05, 3.63) is 23.8 Å². The lowest BCUT2D eigenvalue weighted by Gasteiger charge is -2.26. The summed E-state index contributed by atoms with van der Waals surface area (Å²) in [6.07, 6.45) is 0.619. The minimum atomic E-state index is -0.476. The van der Waals surface area contributed by atoms with Crippen LogP contribution in [0.2, 0.25) is 0 Å². The number of nitrogens with two attached hydrogens (primary N) is 1. The van der Waals surface area contributed by atoms with Crippen molar-refractivity contribution in [2.45, 2.75) is 39.3 Å². The Morgan fingerprint density at radius 3 is 2.70 bits per heavy atom. The normalized spacial score (nSPS) is 16.9. The third kappa shape index (κ3) is 5.32. The lowest BCUT2D eigenvalue weighted by molar-refractivity contribution is 0.0257. The van der Waals surface area contributed by atoms with E-state index in [9.17, 15) is 9.90 Å². The Balaban J connectivity index is 1.93. The molecule has 0 radical (unpaired) electrons. The second-order valence-corrected chi connectivity index (χ2v) is 6.99. The summed E-state index contributed by atoms with van der Waals surface area (Å²) in [6, 6.07) is 5.10. The van der Waals surface area contributed by atoms with Crippen molar-refractivity contribution in [3.8, 4) is 5.75 Å². The van der Waals surface area contributed by atoms with Crippen molar-refractivity contribution in [3.63, 3.8) is 0 Å². The molecule has 1 heterocycles. The van der Waals surface area contributed by atoms with E-state index >= 15 is 0 Å². The molecule has 1 aliphatic rings. The monoisotopic (exact) mass is 321 g/mol. The first kappa shape index (κ1) is 17.4. The molecule has 1 aromatic rings. The number of phenolic OH excluding ortho intramolecular Hbond substituents is 1. The summed E-state index contributed by atoms with van der Waals surface area (Å²) in [6.45, 7) is 9.17. The molecule has 6 heteroatoms. The number of carbonyl (C=O) groups excluding carboxylic acids is 1. The molecule has 6 nitrogen and oxygen atoms in total. The van der Waals surface area contributed by atoms with Crippen LogP contribution in [-0.2, 0) is 11.3 Å². The lowest BCUT2D eigenvalue weighted by Crippen LogP contribution is -2.39. The van der Waals surface area contributed by atoms with E-state index in [1.807, 2.05) is 20.8 Å². The van der Waals surface area contributed by atoms with E-state index in [0.29, 0.717) is 25.3 Å². The van der Waals surface area contributed by atoms with Crippen LogP contribution < -0.4 is 5.73 Å². The quantitative estimate of drug-likeness (QED) is 0.646. The second-order valence-electron chi connectivity index (χ2n) is 6.99. The average Bonchev–Trinajstić information content (AvgIpc) is 2.67. The molecule has 1 aromatic carbocycles. The van der Waals surface area contributed by atoms with Gasteiger partial charge in [-0.3, -0.25) is 4.90 Å². The zero-order valence-corrected chi connectivity index (χ0v) is 14.2. The van der Waals surface area contributed by atoms with Crippen molar-refractivity contribution in [2.24, 2.45) is 0 Å². The molecule has 1 fully saturated rings. The average molecular weight is 321 g/mol. The molecule has 0 saturated carbocycles. The Hall–Kier alpha value is -1.95. The van der Waals surface area contributed by atoms with Gasteiger partial charge in [-0.05, 0) is 45.4 Å². The van der Waals surface area contributed by atoms with Crippen LogP contribution in [0.1, 0.15) is 32.8 Å². The number of nitrogen functional groups attached to an aromatic ring is 1. The number of phenols is 1. The molecule has 0 aliphatic carbocycles. The van der Waals surface area contributed by atoms with E-state index in [-0.39, 0.29) is 11.8 Å². The van der Waals surface area contributed by atoms with Gasteiger partial charge in [0.1, 0.15) is 11.4 Å². The van der Waals surface area contributed by atoms with Gasteiger partial charge in [-0.1, -0.05) is 0 Å². The molecule has 0 spiro atoms. The summed E-state index contributed by atoms with van der Waals surface area (Å²) < 4.78 is 5.43. The highest BCUT2D eigenvalue weighted by atomic mass is 16.6. The van der Waals surface area contributed by atoms with Gasteiger partial charge >= 0.3 is 6.09 Å². The number of rotatable bonds is 2. The Morgan fingerprint density at radius 1 is 1.26 bits per heavy atom. The number of carbonyl (C=O) groups is 1. The Bertz CT molecular complexity index is 555. The fourth-order valence-corrected chi connectivity index (χ4v) is 2.61. The first-order valence-corrected chi connectivity index (χ1v) is 8.02. The molecule has 3 N–H and O–H groups in total. The van der Waals surface area contributed by atoms with Gasteiger partial charge in [0.25, 0.3) is 0 Å². The number of hydrogen-bond donors (Lipinski definition) is 2. The molecule has 128 valence electrons. The van der Waals surface area contributed by atoms with Crippen LogP contribution in [0.5, 0.6) is 5.75 Å². The number of amides is 1. The van der Waals surface area contributed by atoms with Crippen molar-refractivity contribution >= 4 is 11.8 Å². The van der Waals surface area contributed by atoms with Gasteiger partial charge in [-0.25, -0.2) is 4.79 Å². The highest BCUT2D eigenvalue weighted by Gasteiger charge is 2.24. The van der Waals surface area contributed by atoms with E-state index in [0.717, 1.165) is 25.1 Å². The predicted octanol–water partition coefficient (Wildman–Crippen LogP) is 2.42. The van der Waals surface area contributed by atoms with Gasteiger partial charge in [-0.15, -0.1) is 0 Å². The van der Waals surface area contributed by atoms with Gasteiger partial charge in [0.05, 0.1) is 0 Å². The molecule has 0 unspecified atom stereocenters. The standard InChI is InChI=1S/C17H27N3O3/c1-17(2,3)23-16(22)20-8-4-7-19(9-10-20)12-13-11-14(18)5-6-15(13)21/h5-6,11,21H,4,7-10,12,18H2,1-3H3. The third-order valence-corrected chi connectivity index (χ3v) is 3.74. The number of ether oxygens (including phenoxy) is 1. The predicted molar refractivity (Wildman–Crippen MR) is 90.2 cm³/mol. The topological polar surface area (TPSA) is 79.0 Å². The van der Waals surface area contributed by atoms with Crippen LogP contribution in [-0.4, -0.2) is 52.8 Å². The highest BCUT2D eigenvalue weighted by Crippen LogP contribution is 2.22. The summed E-state index contributed by atoms with van der Waals surface area (Å²) in [4.78, 5) is 16.1. The van der Waals surface area contributed by atoms with Crippen molar-refractivity contribution in [1.29, 1.82) is 0 Å². The second kappa shape index (κ2) is 7.08. The summed E-state index contributed by atoms with van der Waals surface area (Å²) in [5, 5.41) is 9.94. The molecule has 0 atom stereocenters. The van der Waals surface area contributed by atoms with Crippen molar-refractivity contribution in [2.75, 3.05) is 31.9 Å². The van der Waals surface area contributed by atoms with Crippen LogP contribution >= 0.6 is 0 Å². The smallest absolute Gasteiger partial charge is 0.410 e. The first-order chi connectivity index (χ1) is 10.7. The molecule has 1 amide bonds. The number of nitrogens with zero attached hydrogens (tertiary/aromatic N) is 2.